The number of carboxylic acid groups (broad SMARTS) is 2. The third-order valence-electron chi connectivity index (χ3n) is 9.57. The number of aromatic nitrogens is 1. The molecule has 0 radical (unpaired) electrons. The van der Waals surface area contributed by atoms with Gasteiger partial charge in [-0.15, -0.1) is 15.6 Å². The summed E-state index contributed by atoms with van der Waals surface area (Å²) in [6.45, 7) is 4.86. The molecule has 21 heteroatoms. The number of nitrogens with one attached hydrogen (secondary N) is 1. The second-order valence-corrected chi connectivity index (χ2v) is 15.5. The molecule has 4 heterocycles. The van der Waals surface area contributed by atoms with Crippen LogP contribution in [-0.2, 0) is 45.1 Å². The van der Waals surface area contributed by atoms with Gasteiger partial charge in [0.2, 0.25) is 0 Å². The summed E-state index contributed by atoms with van der Waals surface area (Å²) in [5, 5.41) is 36.4. The molecule has 5 rings (SSSR count). The number of aliphatic carboxylic acids is 1. The van der Waals surface area contributed by atoms with Crippen LogP contribution in [0.5, 0.6) is 5.75 Å². The number of nitrogens with two attached hydrogens (primary N) is 2. The van der Waals surface area contributed by atoms with Crippen LogP contribution >= 0.6 is 11.3 Å². The van der Waals surface area contributed by atoms with Gasteiger partial charge in [-0.1, -0.05) is 23.4 Å². The quantitative estimate of drug-likeness (QED) is 0.0440. The lowest BCUT2D eigenvalue weighted by atomic mass is 9.74. The third kappa shape index (κ3) is 9.70. The number of nitrogen functional groups attached to an aromatic ring is 1. The number of nitrogens with zero attached hydrogens (tertiary/aromatic N) is 3. The van der Waals surface area contributed by atoms with Gasteiger partial charge in [0.15, 0.2) is 22.7 Å². The highest BCUT2D eigenvalue weighted by molar-refractivity contribution is 7.80. The van der Waals surface area contributed by atoms with Gasteiger partial charge in [0, 0.05) is 36.5 Å². The van der Waals surface area contributed by atoms with E-state index in [4.69, 9.17) is 35.5 Å². The van der Waals surface area contributed by atoms with Crippen LogP contribution < -0.4 is 21.5 Å². The molecule has 1 aromatic carbocycles. The van der Waals surface area contributed by atoms with Gasteiger partial charge >= 0.3 is 16.4 Å². The molecule has 3 aliphatic heterocycles. The monoisotopic (exact) mass is 796 g/mol. The molecule has 0 bridgehead atoms. The molecule has 2 aromatic rings. The van der Waals surface area contributed by atoms with Gasteiger partial charge in [-0.3, -0.25) is 18.9 Å². The number of Topliss-reactive ketones (excluding diaryl/α,β-unsaturated/α-hetero) is 1. The van der Waals surface area contributed by atoms with Crippen molar-refractivity contribution in [1.29, 1.82) is 0 Å². The van der Waals surface area contributed by atoms with Gasteiger partial charge in [-0.05, 0) is 70.1 Å². The van der Waals surface area contributed by atoms with Crippen molar-refractivity contribution in [3.05, 3.63) is 52.2 Å². The Labute approximate surface area is 314 Å². The third-order valence-corrected chi connectivity index (χ3v) is 10.6. The van der Waals surface area contributed by atoms with Crippen LogP contribution in [0.3, 0.4) is 0 Å². The Morgan fingerprint density at radius 1 is 1.33 bits per heavy atom. The SMILES string of the molecule is CC1(C)[C@H](CC(=O)/C(=N\O[C@](C)(C(=O)O)[C@H]2CCc3cc(C4CC=C(CC[C@H](O)CN)NC4)ccc3O2)c2csc(N)n2)C(=O)N1OS(=O)(=O)O.O=CO. The maximum Gasteiger partial charge on any atom is 0.418 e. The lowest BCUT2D eigenvalue weighted by Gasteiger charge is -2.50. The highest BCUT2D eigenvalue weighted by Crippen LogP contribution is 2.41. The fourth-order valence-electron chi connectivity index (χ4n) is 6.29. The standard InChI is InChI=1S/C32H42N6O11S2.CH2O2/c1-31(2)22(28(41)38(31)49-51(44,45)46)13-24(40)27(23-16-50-30(34)36-23)37-48-32(3,29(42)43)26-11-6-18-12-17(5-10-25(18)47-26)19-4-7-20(35-15-19)8-9-21(39)14-33;2-1-3/h5,7,10,12,16,19,21-22,26,35,39H,4,6,8-9,11,13-15,33H2,1-3H3,(H2,34,36)(H,42,43)(H,44,45,46);1H,(H,2,3)/b37-27-;/t19?,21-,22+,26+,32-;/m0./s1. The Morgan fingerprint density at radius 2 is 2.04 bits per heavy atom. The van der Waals surface area contributed by atoms with Crippen LogP contribution in [0.15, 0.2) is 40.5 Å². The Balaban J connectivity index is 0.00000209. The normalized spacial score (nSPS) is 22.4. The van der Waals surface area contributed by atoms with Crippen LogP contribution in [0.4, 0.5) is 5.13 Å². The smallest absolute Gasteiger partial charge is 0.418 e. The van der Waals surface area contributed by atoms with Crippen molar-refractivity contribution in [1.82, 2.24) is 15.4 Å². The predicted octanol–water partition coefficient (Wildman–Crippen LogP) is 1.38. The minimum atomic E-state index is -5.00. The number of ketones is 1. The van der Waals surface area contributed by atoms with E-state index < -0.39 is 69.5 Å². The van der Waals surface area contributed by atoms with E-state index in [1.54, 1.807) is 6.07 Å². The molecule has 1 saturated heterocycles. The second-order valence-electron chi connectivity index (χ2n) is 13.6. The Hall–Kier alpha value is -4.67. The zero-order chi connectivity index (χ0) is 40.0. The number of hydrogen-bond donors (Lipinski definition) is 7. The van der Waals surface area contributed by atoms with E-state index in [-0.39, 0.29) is 36.2 Å². The molecule has 54 heavy (non-hydrogen) atoms. The van der Waals surface area contributed by atoms with E-state index in [0.717, 1.165) is 47.5 Å². The number of aliphatic hydroxyl groups excluding tert-OH is 1. The zero-order valence-electron chi connectivity index (χ0n) is 29.7. The summed E-state index contributed by atoms with van der Waals surface area (Å²) in [5.41, 5.74) is 10.6. The zero-order valence-corrected chi connectivity index (χ0v) is 31.3. The first kappa shape index (κ1) is 42.1. The lowest BCUT2D eigenvalue weighted by Crippen LogP contribution is -2.68. The van der Waals surface area contributed by atoms with E-state index in [1.165, 1.54) is 26.2 Å². The summed E-state index contributed by atoms with van der Waals surface area (Å²) >= 11 is 0.998. The van der Waals surface area contributed by atoms with Crippen molar-refractivity contribution in [3.8, 4) is 5.75 Å². The number of aryl methyl sites for hydroxylation is 1. The molecule has 296 valence electrons. The lowest BCUT2D eigenvalue weighted by molar-refractivity contribution is -0.228. The fraction of sp³-hybridized carbons (Fsp3) is 0.515. The highest BCUT2D eigenvalue weighted by Gasteiger charge is 2.58. The number of hydrogen-bond acceptors (Lipinski definition) is 16. The number of anilines is 1. The Kier molecular flexibility index (Phi) is 13.4. The van der Waals surface area contributed by atoms with E-state index in [2.05, 4.69) is 31.9 Å². The molecule has 5 atom stereocenters. The van der Waals surface area contributed by atoms with Crippen LogP contribution in [0.25, 0.3) is 0 Å². The van der Waals surface area contributed by atoms with Crippen molar-refractivity contribution < 1.29 is 61.3 Å². The van der Waals surface area contributed by atoms with Crippen molar-refractivity contribution >= 4 is 56.7 Å². The summed E-state index contributed by atoms with van der Waals surface area (Å²) in [5.74, 6) is -3.41. The van der Waals surface area contributed by atoms with Crippen LogP contribution in [0, 0.1) is 5.92 Å². The number of thiazole rings is 1. The van der Waals surface area contributed by atoms with Gasteiger partial charge in [-0.2, -0.15) is 13.5 Å². The molecular weight excluding hydrogens is 753 g/mol. The number of hydroxylamine groups is 2. The van der Waals surface area contributed by atoms with Crippen molar-refractivity contribution in [2.75, 3.05) is 18.8 Å². The number of benzene rings is 1. The summed E-state index contributed by atoms with van der Waals surface area (Å²) in [6.07, 6.45) is 2.97. The maximum absolute atomic E-state index is 13.6. The minimum Gasteiger partial charge on any atom is -0.485 e. The average molecular weight is 797 g/mol. The fourth-order valence-corrected chi connectivity index (χ4v) is 7.29. The molecule has 0 aliphatic carbocycles. The number of carboxylic acids is 1. The first-order valence-corrected chi connectivity index (χ1v) is 19.0. The number of amides is 1. The molecular formula is C33H44N6O13S2. The van der Waals surface area contributed by atoms with E-state index in [9.17, 15) is 33.0 Å². The first-order valence-electron chi connectivity index (χ1n) is 16.8. The Morgan fingerprint density at radius 3 is 2.59 bits per heavy atom. The number of carbonyl (C=O) groups is 4. The van der Waals surface area contributed by atoms with Crippen LogP contribution in [0.1, 0.15) is 75.6 Å². The average Bonchev–Trinajstić information content (AvgIpc) is 3.56. The van der Waals surface area contributed by atoms with Crippen molar-refractivity contribution in [3.63, 3.8) is 0 Å². The number of carbonyl (C=O) groups excluding carboxylic acids is 2. The molecule has 3 aliphatic rings. The summed E-state index contributed by atoms with van der Waals surface area (Å²) in [6, 6.07) is 5.80. The summed E-state index contributed by atoms with van der Waals surface area (Å²) < 4.78 is 42.0. The largest absolute Gasteiger partial charge is 0.485 e. The number of rotatable bonds is 15. The van der Waals surface area contributed by atoms with E-state index in [0.29, 0.717) is 23.7 Å². The molecule has 19 nitrogen and oxygen atoms in total. The maximum atomic E-state index is 13.6. The number of fused-ring (bicyclic) bond motifs is 1. The number of ether oxygens (including phenoxy) is 1. The van der Waals surface area contributed by atoms with Gasteiger partial charge in [-0.25, -0.2) is 9.78 Å². The topological polar surface area (TPSA) is 304 Å². The molecule has 1 unspecified atom stereocenters. The summed E-state index contributed by atoms with van der Waals surface area (Å²) in [4.78, 5) is 57.1. The molecule has 9 N–H and O–H groups in total. The number of oxime groups is 1. The van der Waals surface area contributed by atoms with Crippen molar-refractivity contribution in [2.24, 2.45) is 16.8 Å². The highest BCUT2D eigenvalue weighted by atomic mass is 32.3. The first-order chi connectivity index (χ1) is 25.3. The number of aliphatic hydroxyl groups is 1. The van der Waals surface area contributed by atoms with E-state index in [1.807, 2.05) is 6.07 Å². The van der Waals surface area contributed by atoms with E-state index >= 15 is 0 Å². The number of allylic oxidation sites excluding steroid dienone is 2. The molecule has 0 spiro atoms. The summed E-state index contributed by atoms with van der Waals surface area (Å²) in [7, 11) is -5.00. The van der Waals surface area contributed by atoms with Gasteiger partial charge < -0.3 is 41.7 Å². The van der Waals surface area contributed by atoms with Gasteiger partial charge in [0.05, 0.1) is 17.6 Å². The Bertz CT molecular complexity index is 1900. The predicted molar refractivity (Wildman–Crippen MR) is 192 cm³/mol. The van der Waals surface area contributed by atoms with Crippen LogP contribution in [-0.4, -0.2) is 105 Å². The van der Waals surface area contributed by atoms with Crippen molar-refractivity contribution in [2.45, 2.75) is 88.6 Å². The molecule has 1 fully saturated rings. The van der Waals surface area contributed by atoms with Gasteiger partial charge in [0.25, 0.3) is 18.0 Å². The molecule has 1 aromatic heterocycles. The minimum absolute atomic E-state index is 0.0133. The molecule has 0 saturated carbocycles. The van der Waals surface area contributed by atoms with Crippen LogP contribution in [0.2, 0.25) is 0 Å². The van der Waals surface area contributed by atoms with Gasteiger partial charge in [0.1, 0.15) is 11.4 Å². The number of β-lactam (4-membered cyclic amide) rings is 1. The second kappa shape index (κ2) is 17.2. The molecule has 1 amide bonds.